The van der Waals surface area contributed by atoms with E-state index in [1.165, 1.54) is 23.5 Å². The summed E-state index contributed by atoms with van der Waals surface area (Å²) in [7, 11) is 0. The Kier molecular flexibility index (Phi) is 4.96. The topological polar surface area (TPSA) is 98.0 Å². The van der Waals surface area contributed by atoms with Crippen LogP contribution >= 0.6 is 22.9 Å². The quantitative estimate of drug-likeness (QED) is 0.662. The van der Waals surface area contributed by atoms with Gasteiger partial charge in [0.15, 0.2) is 0 Å². The first-order valence-corrected chi connectivity index (χ1v) is 7.93. The van der Waals surface area contributed by atoms with Crippen molar-refractivity contribution in [3.63, 3.8) is 0 Å². The van der Waals surface area contributed by atoms with Crippen LogP contribution in [0.4, 0.5) is 10.8 Å². The number of amides is 1. The number of rotatable bonds is 4. The predicted molar refractivity (Wildman–Crippen MR) is 89.1 cm³/mol. The normalized spacial score (nSPS) is 11.3. The second-order valence-electron chi connectivity index (χ2n) is 6.12. The smallest absolute Gasteiger partial charge is 0.288 e. The van der Waals surface area contributed by atoms with Crippen LogP contribution in [0.25, 0.3) is 0 Å². The lowest BCUT2D eigenvalue weighted by molar-refractivity contribution is -0.384. The van der Waals surface area contributed by atoms with Gasteiger partial charge in [0.05, 0.1) is 4.92 Å². The second-order valence-corrected chi connectivity index (χ2v) is 7.59. The van der Waals surface area contributed by atoms with Gasteiger partial charge in [0, 0.05) is 18.1 Å². The minimum absolute atomic E-state index is 0.0186. The van der Waals surface area contributed by atoms with Crippen molar-refractivity contribution < 1.29 is 9.72 Å². The Balaban J connectivity index is 2.13. The van der Waals surface area contributed by atoms with Gasteiger partial charge in [-0.1, -0.05) is 43.7 Å². The fourth-order valence-corrected chi connectivity index (χ4v) is 3.01. The van der Waals surface area contributed by atoms with E-state index in [1.54, 1.807) is 0 Å². The largest absolute Gasteiger partial charge is 0.296 e. The molecule has 7 nitrogen and oxygen atoms in total. The maximum Gasteiger partial charge on any atom is 0.288 e. The van der Waals surface area contributed by atoms with Crippen molar-refractivity contribution in [1.29, 1.82) is 0 Å². The van der Waals surface area contributed by atoms with Gasteiger partial charge >= 0.3 is 0 Å². The van der Waals surface area contributed by atoms with Crippen LogP contribution in [0.1, 0.15) is 36.1 Å². The number of aromatic nitrogens is 2. The van der Waals surface area contributed by atoms with Crippen molar-refractivity contribution in [1.82, 2.24) is 10.2 Å². The van der Waals surface area contributed by atoms with E-state index < -0.39 is 10.8 Å². The summed E-state index contributed by atoms with van der Waals surface area (Å²) in [6, 6.07) is 3.87. The second kappa shape index (κ2) is 6.59. The number of nitro groups is 1. The summed E-state index contributed by atoms with van der Waals surface area (Å²) in [5.74, 6) is -0.497. The number of halogens is 1. The van der Waals surface area contributed by atoms with Crippen LogP contribution in [0.15, 0.2) is 18.2 Å². The molecule has 0 atom stereocenters. The van der Waals surface area contributed by atoms with E-state index in [2.05, 4.69) is 36.3 Å². The van der Waals surface area contributed by atoms with E-state index in [0.717, 1.165) is 17.5 Å². The molecule has 122 valence electrons. The lowest BCUT2D eigenvalue weighted by Gasteiger charge is -2.14. The van der Waals surface area contributed by atoms with Gasteiger partial charge in [0.25, 0.3) is 11.6 Å². The molecule has 1 heterocycles. The van der Waals surface area contributed by atoms with Gasteiger partial charge in [0.1, 0.15) is 10.0 Å². The maximum atomic E-state index is 12.2. The molecule has 0 saturated heterocycles. The number of nitrogens with one attached hydrogen (secondary N) is 1. The lowest BCUT2D eigenvalue weighted by Crippen LogP contribution is -2.12. The predicted octanol–water partition coefficient (Wildman–Crippen LogP) is 3.94. The number of nitro benzene ring substituents is 1. The molecule has 1 aromatic heterocycles. The molecule has 0 saturated carbocycles. The molecule has 9 heteroatoms. The van der Waals surface area contributed by atoms with Crippen LogP contribution < -0.4 is 5.32 Å². The molecule has 2 aromatic rings. The summed E-state index contributed by atoms with van der Waals surface area (Å²) >= 11 is 7.01. The molecule has 0 aliphatic heterocycles. The summed E-state index contributed by atoms with van der Waals surface area (Å²) in [5, 5.41) is 22.6. The van der Waals surface area contributed by atoms with Crippen LogP contribution in [0.5, 0.6) is 0 Å². The summed E-state index contributed by atoms with van der Waals surface area (Å²) in [5.41, 5.74) is -0.115. The highest BCUT2D eigenvalue weighted by Gasteiger charge is 2.19. The zero-order valence-corrected chi connectivity index (χ0v) is 14.4. The Hall–Kier alpha value is -2.06. The number of nitrogens with zero attached hydrogens (tertiary/aromatic N) is 3. The van der Waals surface area contributed by atoms with Crippen molar-refractivity contribution in [3.05, 3.63) is 43.9 Å². The van der Waals surface area contributed by atoms with Crippen LogP contribution in [-0.4, -0.2) is 21.0 Å². The third-order valence-corrected chi connectivity index (χ3v) is 3.93. The molecule has 1 N–H and O–H groups in total. The first-order valence-electron chi connectivity index (χ1n) is 6.73. The van der Waals surface area contributed by atoms with E-state index in [1.807, 2.05) is 0 Å². The van der Waals surface area contributed by atoms with Crippen LogP contribution in [0, 0.1) is 15.5 Å². The SMILES string of the molecule is CC(C)(C)Cc1nnc(NC(=O)c2ccc(Cl)c([N+](=O)[O-])c2)s1. The summed E-state index contributed by atoms with van der Waals surface area (Å²) in [6.07, 6.45) is 0.743. The van der Waals surface area contributed by atoms with E-state index in [0.29, 0.717) is 5.13 Å². The van der Waals surface area contributed by atoms with Gasteiger partial charge in [-0.2, -0.15) is 0 Å². The van der Waals surface area contributed by atoms with Gasteiger partial charge in [-0.3, -0.25) is 20.2 Å². The molecule has 23 heavy (non-hydrogen) atoms. The molecule has 0 aliphatic carbocycles. The average molecular weight is 355 g/mol. The summed E-state index contributed by atoms with van der Waals surface area (Å²) in [4.78, 5) is 22.4. The first kappa shape index (κ1) is 17.3. The third-order valence-electron chi connectivity index (χ3n) is 2.77. The molecule has 0 unspecified atom stereocenters. The van der Waals surface area contributed by atoms with Gasteiger partial charge in [0.2, 0.25) is 5.13 Å². The molecule has 0 fully saturated rings. The van der Waals surface area contributed by atoms with Gasteiger partial charge in [-0.15, -0.1) is 10.2 Å². The van der Waals surface area contributed by atoms with Crippen molar-refractivity contribution in [2.75, 3.05) is 5.32 Å². The molecule has 0 aliphatic rings. The minimum Gasteiger partial charge on any atom is -0.296 e. The van der Waals surface area contributed by atoms with Gasteiger partial charge < -0.3 is 0 Å². The Morgan fingerprint density at radius 1 is 1.39 bits per heavy atom. The van der Waals surface area contributed by atoms with E-state index in [-0.39, 0.29) is 21.7 Å². The van der Waals surface area contributed by atoms with E-state index in [4.69, 9.17) is 11.6 Å². The fourth-order valence-electron chi connectivity index (χ4n) is 1.79. The fraction of sp³-hybridized carbons (Fsp3) is 0.357. The molecular weight excluding hydrogens is 340 g/mol. The number of hydrogen-bond donors (Lipinski definition) is 1. The number of benzene rings is 1. The Morgan fingerprint density at radius 3 is 2.70 bits per heavy atom. The monoisotopic (exact) mass is 354 g/mol. The highest BCUT2D eigenvalue weighted by atomic mass is 35.5. The molecule has 0 bridgehead atoms. The van der Waals surface area contributed by atoms with Crippen LogP contribution in [-0.2, 0) is 6.42 Å². The highest BCUT2D eigenvalue weighted by molar-refractivity contribution is 7.15. The zero-order chi connectivity index (χ0) is 17.2. The van der Waals surface area contributed by atoms with Crippen molar-refractivity contribution in [3.8, 4) is 0 Å². The number of anilines is 1. The molecule has 1 amide bonds. The molecule has 0 spiro atoms. The number of carbonyl (C=O) groups is 1. The number of carbonyl (C=O) groups excluding carboxylic acids is 1. The summed E-state index contributed by atoms with van der Waals surface area (Å²) in [6.45, 7) is 6.25. The summed E-state index contributed by atoms with van der Waals surface area (Å²) < 4.78 is 0. The van der Waals surface area contributed by atoms with Crippen molar-refractivity contribution in [2.45, 2.75) is 27.2 Å². The molecule has 2 rings (SSSR count). The molecular formula is C14H15ClN4O3S. The Morgan fingerprint density at radius 2 is 2.09 bits per heavy atom. The average Bonchev–Trinajstić information content (AvgIpc) is 2.83. The highest BCUT2D eigenvalue weighted by Crippen LogP contribution is 2.27. The van der Waals surface area contributed by atoms with Crippen molar-refractivity contribution in [2.24, 2.45) is 5.41 Å². The van der Waals surface area contributed by atoms with Crippen molar-refractivity contribution >= 4 is 39.7 Å². The molecule has 0 radical (unpaired) electrons. The van der Waals surface area contributed by atoms with E-state index in [9.17, 15) is 14.9 Å². The third kappa shape index (κ3) is 4.70. The Bertz CT molecular complexity index is 755. The van der Waals surface area contributed by atoms with Crippen LogP contribution in [0.3, 0.4) is 0 Å². The maximum absolute atomic E-state index is 12.2. The lowest BCUT2D eigenvalue weighted by atomic mass is 9.93. The number of hydrogen-bond acceptors (Lipinski definition) is 6. The Labute approximate surface area is 141 Å². The minimum atomic E-state index is -0.633. The van der Waals surface area contributed by atoms with Gasteiger partial charge in [-0.25, -0.2) is 0 Å². The van der Waals surface area contributed by atoms with E-state index >= 15 is 0 Å². The molecule has 1 aromatic carbocycles. The van der Waals surface area contributed by atoms with Crippen LogP contribution in [0.2, 0.25) is 5.02 Å². The van der Waals surface area contributed by atoms with Gasteiger partial charge in [-0.05, 0) is 17.5 Å². The first-order chi connectivity index (χ1) is 10.7. The zero-order valence-electron chi connectivity index (χ0n) is 12.8. The standard InChI is InChI=1S/C14H15ClN4O3S/c1-14(2,3)7-11-17-18-13(23-11)16-12(20)8-4-5-9(15)10(6-8)19(21)22/h4-6H,7H2,1-3H3,(H,16,18,20).